The molecule has 0 aliphatic carbocycles. The topological polar surface area (TPSA) is 21.3 Å². The van der Waals surface area contributed by atoms with Gasteiger partial charge in [-0.15, -0.1) is 5.92 Å². The van der Waals surface area contributed by atoms with Crippen LogP contribution in [0.2, 0.25) is 5.02 Å². The van der Waals surface area contributed by atoms with E-state index in [2.05, 4.69) is 17.2 Å². The molecule has 0 bridgehead atoms. The molecule has 0 amide bonds. The molecule has 1 N–H and O–H groups in total. The Morgan fingerprint density at radius 3 is 2.93 bits per heavy atom. The highest BCUT2D eigenvalue weighted by atomic mass is 35.5. The van der Waals surface area contributed by atoms with E-state index in [1.165, 1.54) is 0 Å². The van der Waals surface area contributed by atoms with Crippen LogP contribution in [0.25, 0.3) is 0 Å². The highest BCUT2D eigenvalue weighted by Gasteiger charge is 2.02. The standard InChI is InChI=1S/C12H14ClNO/c1-3-4-7-14-9-10-8-11(13)5-6-12(10)15-2/h5-6,8,14H,7,9H2,1-2H3. The van der Waals surface area contributed by atoms with Gasteiger partial charge in [-0.05, 0) is 25.1 Å². The number of hydrogen-bond donors (Lipinski definition) is 1. The predicted molar refractivity (Wildman–Crippen MR) is 63.2 cm³/mol. The minimum atomic E-state index is 0.673. The average Bonchev–Trinajstić information content (AvgIpc) is 2.25. The number of ether oxygens (including phenoxy) is 1. The monoisotopic (exact) mass is 223 g/mol. The van der Waals surface area contributed by atoms with E-state index in [4.69, 9.17) is 16.3 Å². The molecule has 0 spiro atoms. The normalized spacial score (nSPS) is 9.27. The molecule has 80 valence electrons. The molecule has 0 heterocycles. The zero-order valence-electron chi connectivity index (χ0n) is 8.93. The Bertz CT molecular complexity index is 379. The molecule has 15 heavy (non-hydrogen) atoms. The second-order valence-electron chi connectivity index (χ2n) is 2.99. The van der Waals surface area contributed by atoms with Crippen LogP contribution in [0.4, 0.5) is 0 Å². The number of nitrogens with one attached hydrogen (secondary N) is 1. The van der Waals surface area contributed by atoms with Crippen molar-refractivity contribution < 1.29 is 4.74 Å². The third-order valence-electron chi connectivity index (χ3n) is 1.95. The molecule has 0 aliphatic rings. The van der Waals surface area contributed by atoms with Gasteiger partial charge in [-0.25, -0.2) is 0 Å². The van der Waals surface area contributed by atoms with Crippen LogP contribution in [-0.4, -0.2) is 13.7 Å². The van der Waals surface area contributed by atoms with E-state index < -0.39 is 0 Å². The van der Waals surface area contributed by atoms with Crippen molar-refractivity contribution in [1.82, 2.24) is 5.32 Å². The quantitative estimate of drug-likeness (QED) is 0.626. The van der Waals surface area contributed by atoms with Crippen molar-refractivity contribution in [3.05, 3.63) is 28.8 Å². The second kappa shape index (κ2) is 6.34. The Hall–Kier alpha value is -1.17. The third kappa shape index (κ3) is 3.83. The van der Waals surface area contributed by atoms with E-state index in [-0.39, 0.29) is 0 Å². The lowest BCUT2D eigenvalue weighted by atomic mass is 10.2. The summed E-state index contributed by atoms with van der Waals surface area (Å²) in [7, 11) is 1.65. The maximum Gasteiger partial charge on any atom is 0.123 e. The summed E-state index contributed by atoms with van der Waals surface area (Å²) in [5.41, 5.74) is 1.04. The fourth-order valence-electron chi connectivity index (χ4n) is 1.23. The van der Waals surface area contributed by atoms with Crippen LogP contribution in [0.15, 0.2) is 18.2 Å². The number of halogens is 1. The largest absolute Gasteiger partial charge is 0.496 e. The summed E-state index contributed by atoms with van der Waals surface area (Å²) >= 11 is 5.90. The summed E-state index contributed by atoms with van der Waals surface area (Å²) < 4.78 is 5.22. The Kier molecular flexibility index (Phi) is 5.03. The van der Waals surface area contributed by atoms with Crippen LogP contribution in [0, 0.1) is 11.8 Å². The first kappa shape index (κ1) is 11.9. The first-order chi connectivity index (χ1) is 7.27. The van der Waals surface area contributed by atoms with Crippen molar-refractivity contribution in [2.75, 3.05) is 13.7 Å². The van der Waals surface area contributed by atoms with Gasteiger partial charge in [-0.3, -0.25) is 0 Å². The lowest BCUT2D eigenvalue weighted by molar-refractivity contribution is 0.408. The molecule has 0 aliphatic heterocycles. The fourth-order valence-corrected chi connectivity index (χ4v) is 1.43. The lowest BCUT2D eigenvalue weighted by Gasteiger charge is -2.08. The summed E-state index contributed by atoms with van der Waals surface area (Å²) in [6.45, 7) is 3.20. The van der Waals surface area contributed by atoms with Crippen LogP contribution in [0.5, 0.6) is 5.75 Å². The van der Waals surface area contributed by atoms with E-state index in [0.717, 1.165) is 11.3 Å². The molecular formula is C12H14ClNO. The summed E-state index contributed by atoms with van der Waals surface area (Å²) in [5.74, 6) is 6.60. The van der Waals surface area contributed by atoms with Crippen LogP contribution < -0.4 is 10.1 Å². The fraction of sp³-hybridized carbons (Fsp3) is 0.333. The molecule has 0 radical (unpaired) electrons. The van der Waals surface area contributed by atoms with Gasteiger partial charge < -0.3 is 10.1 Å². The zero-order valence-corrected chi connectivity index (χ0v) is 9.69. The van der Waals surface area contributed by atoms with E-state index in [9.17, 15) is 0 Å². The smallest absolute Gasteiger partial charge is 0.123 e. The van der Waals surface area contributed by atoms with Crippen LogP contribution >= 0.6 is 11.6 Å². The first-order valence-electron chi connectivity index (χ1n) is 4.70. The molecule has 2 nitrogen and oxygen atoms in total. The number of hydrogen-bond acceptors (Lipinski definition) is 2. The Labute approximate surface area is 95.6 Å². The van der Waals surface area contributed by atoms with Crippen LogP contribution in [0.3, 0.4) is 0 Å². The molecule has 0 saturated carbocycles. The van der Waals surface area contributed by atoms with E-state index in [1.54, 1.807) is 7.11 Å². The number of methoxy groups -OCH3 is 1. The van der Waals surface area contributed by atoms with Crippen molar-refractivity contribution in [1.29, 1.82) is 0 Å². The van der Waals surface area contributed by atoms with Crippen LogP contribution in [0.1, 0.15) is 12.5 Å². The molecule has 0 atom stereocenters. The summed E-state index contributed by atoms with van der Waals surface area (Å²) in [6.07, 6.45) is 0. The van der Waals surface area contributed by atoms with Crippen LogP contribution in [-0.2, 0) is 6.54 Å². The van der Waals surface area contributed by atoms with Gasteiger partial charge in [0.1, 0.15) is 5.75 Å². The van der Waals surface area contributed by atoms with Gasteiger partial charge in [0.25, 0.3) is 0 Å². The average molecular weight is 224 g/mol. The molecule has 3 heteroatoms. The van der Waals surface area contributed by atoms with Gasteiger partial charge in [0, 0.05) is 17.1 Å². The van der Waals surface area contributed by atoms with Gasteiger partial charge >= 0.3 is 0 Å². The van der Waals surface area contributed by atoms with Gasteiger partial charge in [0.05, 0.1) is 13.7 Å². The summed E-state index contributed by atoms with van der Waals surface area (Å²) in [6, 6.07) is 5.58. The Morgan fingerprint density at radius 2 is 2.27 bits per heavy atom. The molecular weight excluding hydrogens is 210 g/mol. The second-order valence-corrected chi connectivity index (χ2v) is 3.42. The molecule has 0 unspecified atom stereocenters. The zero-order chi connectivity index (χ0) is 11.1. The molecule has 1 aromatic rings. The predicted octanol–water partition coefficient (Wildman–Crippen LogP) is 2.46. The Balaban J connectivity index is 2.64. The van der Waals surface area contributed by atoms with Crippen molar-refractivity contribution >= 4 is 11.6 Å². The molecule has 0 fully saturated rings. The third-order valence-corrected chi connectivity index (χ3v) is 2.18. The van der Waals surface area contributed by atoms with E-state index in [1.807, 2.05) is 25.1 Å². The van der Waals surface area contributed by atoms with Gasteiger partial charge in [-0.1, -0.05) is 17.5 Å². The maximum absolute atomic E-state index is 5.90. The summed E-state index contributed by atoms with van der Waals surface area (Å²) in [5, 5.41) is 3.91. The van der Waals surface area contributed by atoms with Crippen molar-refractivity contribution in [3.8, 4) is 17.6 Å². The van der Waals surface area contributed by atoms with Gasteiger partial charge in [-0.2, -0.15) is 0 Å². The van der Waals surface area contributed by atoms with Gasteiger partial charge in [0.2, 0.25) is 0 Å². The highest BCUT2D eigenvalue weighted by Crippen LogP contribution is 2.22. The molecule has 0 aromatic heterocycles. The number of rotatable bonds is 4. The Morgan fingerprint density at radius 1 is 1.47 bits per heavy atom. The lowest BCUT2D eigenvalue weighted by Crippen LogP contribution is -2.13. The summed E-state index contributed by atoms with van der Waals surface area (Å²) in [4.78, 5) is 0. The van der Waals surface area contributed by atoms with Crippen molar-refractivity contribution in [2.45, 2.75) is 13.5 Å². The minimum Gasteiger partial charge on any atom is -0.496 e. The number of benzene rings is 1. The minimum absolute atomic E-state index is 0.673. The molecule has 1 aromatic carbocycles. The molecule has 1 rings (SSSR count). The SMILES string of the molecule is CC#CCNCc1cc(Cl)ccc1OC. The maximum atomic E-state index is 5.90. The van der Waals surface area contributed by atoms with Crippen molar-refractivity contribution in [2.24, 2.45) is 0 Å². The molecule has 0 saturated heterocycles. The van der Waals surface area contributed by atoms with Crippen molar-refractivity contribution in [3.63, 3.8) is 0 Å². The highest BCUT2D eigenvalue weighted by molar-refractivity contribution is 6.30. The first-order valence-corrected chi connectivity index (χ1v) is 5.08. The van der Waals surface area contributed by atoms with E-state index >= 15 is 0 Å². The van der Waals surface area contributed by atoms with E-state index in [0.29, 0.717) is 18.1 Å². The van der Waals surface area contributed by atoms with Gasteiger partial charge in [0.15, 0.2) is 0 Å².